The maximum atomic E-state index is 10.6. The largest absolute Gasteiger partial charge is 0.412 e. The van der Waals surface area contributed by atoms with Crippen LogP contribution in [0, 0.1) is 0 Å². The molecule has 7 nitrogen and oxygen atoms in total. The average Bonchev–Trinajstić information content (AvgIpc) is 2.26. The second-order valence-corrected chi connectivity index (χ2v) is 4.83. The lowest BCUT2D eigenvalue weighted by Crippen LogP contribution is -2.41. The van der Waals surface area contributed by atoms with Gasteiger partial charge in [0.15, 0.2) is 0 Å². The van der Waals surface area contributed by atoms with E-state index in [0.29, 0.717) is 11.2 Å². The van der Waals surface area contributed by atoms with Gasteiger partial charge < -0.3 is 4.74 Å². The van der Waals surface area contributed by atoms with Crippen LogP contribution in [0.15, 0.2) is 12.7 Å². The fourth-order valence-corrected chi connectivity index (χ4v) is 0.389. The summed E-state index contributed by atoms with van der Waals surface area (Å²) in [4.78, 5) is 10.6. The Kier molecular flexibility index (Phi) is 8.85. The lowest BCUT2D eigenvalue weighted by atomic mass is 10.5. The molecule has 0 spiro atoms. The fourth-order valence-electron chi connectivity index (χ4n) is 0.389. The van der Waals surface area contributed by atoms with Crippen LogP contribution in [-0.4, -0.2) is 57.9 Å². The summed E-state index contributed by atoms with van der Waals surface area (Å²) < 4.78 is 35.3. The van der Waals surface area contributed by atoms with Crippen molar-refractivity contribution in [3.63, 3.8) is 0 Å². The molecule has 1 N–H and O–H groups in total. The van der Waals surface area contributed by atoms with Gasteiger partial charge >= 0.3 is 16.4 Å². The van der Waals surface area contributed by atoms with Gasteiger partial charge in [0.1, 0.15) is 0 Å². The van der Waals surface area contributed by atoms with Gasteiger partial charge in [-0.05, 0) is 6.92 Å². The topological polar surface area (TPSA) is 89.9 Å². The van der Waals surface area contributed by atoms with E-state index in [1.165, 1.54) is 6.08 Å². The lowest BCUT2D eigenvalue weighted by molar-refractivity contribution is -0.905. The number of rotatable bonds is 5. The standard InChI is InChI=1S/C8H16NO2.CH4O4S/c1-5-8(10)11-7-9(3,4)6-2;1-5-6(2,3)4/h5H,1,6-7H2,2-4H3;1H3,(H,2,3,4)/q+1;. The average molecular weight is 270 g/mol. The zero-order valence-electron chi connectivity index (χ0n) is 10.5. The molecule has 0 aromatic heterocycles. The SMILES string of the molecule is C=CC(=O)OC[N+](C)(C)CC.COS(=O)(=O)O. The van der Waals surface area contributed by atoms with Crippen LogP contribution in [-0.2, 0) is 24.1 Å². The smallest absolute Gasteiger partial charge is 0.397 e. The van der Waals surface area contributed by atoms with Crippen molar-refractivity contribution in [2.24, 2.45) is 0 Å². The normalized spacial score (nSPS) is 11.1. The molecule has 0 heterocycles. The van der Waals surface area contributed by atoms with Crippen molar-refractivity contribution in [2.75, 3.05) is 34.5 Å². The first-order valence-corrected chi connectivity index (χ1v) is 6.08. The molecule has 0 unspecified atom stereocenters. The van der Waals surface area contributed by atoms with Crippen molar-refractivity contribution in [1.29, 1.82) is 0 Å². The highest BCUT2D eigenvalue weighted by Gasteiger charge is 2.12. The van der Waals surface area contributed by atoms with E-state index in [4.69, 9.17) is 9.29 Å². The molecule has 102 valence electrons. The first kappa shape index (κ1) is 18.4. The van der Waals surface area contributed by atoms with E-state index in [1.54, 1.807) is 0 Å². The van der Waals surface area contributed by atoms with Crippen molar-refractivity contribution in [3.8, 4) is 0 Å². The highest BCUT2D eigenvalue weighted by atomic mass is 32.3. The monoisotopic (exact) mass is 270 g/mol. The molecule has 0 aliphatic carbocycles. The van der Waals surface area contributed by atoms with Gasteiger partial charge in [0.25, 0.3) is 0 Å². The summed E-state index contributed by atoms with van der Waals surface area (Å²) in [5, 5.41) is 0. The minimum absolute atomic E-state index is 0.357. The van der Waals surface area contributed by atoms with Crippen LogP contribution in [0.4, 0.5) is 0 Å². The predicted molar refractivity (Wildman–Crippen MR) is 62.4 cm³/mol. The van der Waals surface area contributed by atoms with Gasteiger partial charge in [0.05, 0.1) is 27.7 Å². The second kappa shape index (κ2) is 8.18. The van der Waals surface area contributed by atoms with Crippen LogP contribution in [0.25, 0.3) is 0 Å². The summed E-state index contributed by atoms with van der Waals surface area (Å²) in [5.41, 5.74) is 0. The molecule has 0 fully saturated rings. The third kappa shape index (κ3) is 15.0. The number of esters is 1. The molecular weight excluding hydrogens is 250 g/mol. The van der Waals surface area contributed by atoms with Crippen LogP contribution in [0.2, 0.25) is 0 Å². The molecular formula is C9H20NO6S+. The minimum atomic E-state index is -4.16. The van der Waals surface area contributed by atoms with Crippen molar-refractivity contribution >= 4 is 16.4 Å². The highest BCUT2D eigenvalue weighted by Crippen LogP contribution is 1.95. The summed E-state index contributed by atoms with van der Waals surface area (Å²) >= 11 is 0. The number of hydrogen-bond acceptors (Lipinski definition) is 5. The first-order chi connectivity index (χ1) is 7.58. The van der Waals surface area contributed by atoms with Crippen LogP contribution < -0.4 is 0 Å². The Morgan fingerprint density at radius 3 is 2.12 bits per heavy atom. The van der Waals surface area contributed by atoms with Gasteiger partial charge in [-0.25, -0.2) is 4.79 Å². The number of carbonyl (C=O) groups is 1. The number of ether oxygens (including phenoxy) is 1. The second-order valence-electron chi connectivity index (χ2n) is 3.64. The van der Waals surface area contributed by atoms with Crippen LogP contribution in [0.3, 0.4) is 0 Å². The summed E-state index contributed by atoms with van der Waals surface area (Å²) in [6.45, 7) is 6.69. The molecule has 0 atom stereocenters. The minimum Gasteiger partial charge on any atom is -0.412 e. The number of nitrogens with zero attached hydrogens (tertiary/aromatic N) is 1. The number of carbonyl (C=O) groups excluding carboxylic acids is 1. The van der Waals surface area contributed by atoms with Gasteiger partial charge in [-0.3, -0.25) is 13.2 Å². The quantitative estimate of drug-likeness (QED) is 0.252. The van der Waals surface area contributed by atoms with E-state index in [2.05, 4.69) is 10.8 Å². The zero-order chi connectivity index (χ0) is 14.1. The molecule has 0 saturated carbocycles. The van der Waals surface area contributed by atoms with Gasteiger partial charge in [0, 0.05) is 6.08 Å². The van der Waals surface area contributed by atoms with E-state index in [1.807, 2.05) is 21.0 Å². The first-order valence-electron chi connectivity index (χ1n) is 4.72. The van der Waals surface area contributed by atoms with Crippen molar-refractivity contribution < 1.29 is 31.2 Å². The van der Waals surface area contributed by atoms with Gasteiger partial charge in [-0.1, -0.05) is 6.58 Å². The number of hydrogen-bond donors (Lipinski definition) is 1. The van der Waals surface area contributed by atoms with Crippen molar-refractivity contribution in [2.45, 2.75) is 6.92 Å². The molecule has 0 radical (unpaired) electrons. The Labute approximate surface area is 102 Å². The molecule has 0 aliphatic rings. The Morgan fingerprint density at radius 1 is 1.47 bits per heavy atom. The molecule has 0 bridgehead atoms. The van der Waals surface area contributed by atoms with Gasteiger partial charge in [-0.15, -0.1) is 0 Å². The highest BCUT2D eigenvalue weighted by molar-refractivity contribution is 7.80. The summed E-state index contributed by atoms with van der Waals surface area (Å²) in [6.07, 6.45) is 1.18. The number of quaternary nitrogens is 1. The van der Waals surface area contributed by atoms with Crippen LogP contribution >= 0.6 is 0 Å². The van der Waals surface area contributed by atoms with Crippen molar-refractivity contribution in [3.05, 3.63) is 12.7 Å². The summed E-state index contributed by atoms with van der Waals surface area (Å²) in [7, 11) is 0.701. The van der Waals surface area contributed by atoms with E-state index < -0.39 is 10.4 Å². The third-order valence-corrected chi connectivity index (χ3v) is 2.21. The lowest BCUT2D eigenvalue weighted by Gasteiger charge is -2.26. The maximum Gasteiger partial charge on any atom is 0.397 e. The van der Waals surface area contributed by atoms with E-state index in [9.17, 15) is 13.2 Å². The van der Waals surface area contributed by atoms with Crippen LogP contribution in [0.5, 0.6) is 0 Å². The molecule has 0 aromatic carbocycles. The van der Waals surface area contributed by atoms with E-state index in [0.717, 1.165) is 13.7 Å². The molecule has 0 aliphatic heterocycles. The predicted octanol–water partition coefficient (Wildman–Crippen LogP) is 0.205. The fraction of sp³-hybridized carbons (Fsp3) is 0.667. The van der Waals surface area contributed by atoms with E-state index >= 15 is 0 Å². The van der Waals surface area contributed by atoms with Crippen LogP contribution in [0.1, 0.15) is 6.92 Å². The van der Waals surface area contributed by atoms with Gasteiger partial charge in [0.2, 0.25) is 6.73 Å². The molecule has 0 aromatic rings. The van der Waals surface area contributed by atoms with E-state index in [-0.39, 0.29) is 5.97 Å². The summed E-state index contributed by atoms with van der Waals surface area (Å²) in [6, 6.07) is 0. The molecule has 17 heavy (non-hydrogen) atoms. The Balaban J connectivity index is 0. The molecule has 8 heteroatoms. The Bertz CT molecular complexity index is 335. The summed E-state index contributed by atoms with van der Waals surface area (Å²) in [5.74, 6) is -0.357. The molecule has 0 saturated heterocycles. The maximum absolute atomic E-state index is 10.6. The van der Waals surface area contributed by atoms with Gasteiger partial charge in [-0.2, -0.15) is 8.42 Å². The third-order valence-electron chi connectivity index (χ3n) is 1.79. The molecule has 0 amide bonds. The molecule has 0 rings (SSSR count). The van der Waals surface area contributed by atoms with Crippen molar-refractivity contribution in [1.82, 2.24) is 0 Å². The Hall–Kier alpha value is -0.960. The zero-order valence-corrected chi connectivity index (χ0v) is 11.4. The Morgan fingerprint density at radius 2 is 1.88 bits per heavy atom.